The summed E-state index contributed by atoms with van der Waals surface area (Å²) in [5.74, 6) is 0.752. The number of ether oxygens (including phenoxy) is 1. The van der Waals surface area contributed by atoms with Gasteiger partial charge in [-0.05, 0) is 36.6 Å². The maximum Gasteiger partial charge on any atom is 0.142 e. The molecule has 0 spiro atoms. The lowest BCUT2D eigenvalue weighted by Gasteiger charge is -2.11. The maximum absolute atomic E-state index is 6.16. The lowest BCUT2D eigenvalue weighted by Crippen LogP contribution is -2.02. The summed E-state index contributed by atoms with van der Waals surface area (Å²) >= 11 is 0. The molecule has 106 valence electrons. The Morgan fingerprint density at radius 2 is 1.86 bits per heavy atom. The molecule has 0 unspecified atom stereocenters. The molecule has 3 aromatic rings. The van der Waals surface area contributed by atoms with Gasteiger partial charge in [0.1, 0.15) is 5.75 Å². The van der Waals surface area contributed by atoms with Crippen LogP contribution in [0.4, 0.5) is 5.69 Å². The number of aromatic nitrogens is 1. The van der Waals surface area contributed by atoms with Gasteiger partial charge in [0, 0.05) is 23.2 Å². The highest BCUT2D eigenvalue weighted by molar-refractivity contribution is 5.95. The summed E-state index contributed by atoms with van der Waals surface area (Å²) in [6.07, 6.45) is 5.54. The fourth-order valence-corrected chi connectivity index (χ4v) is 2.40. The van der Waals surface area contributed by atoms with Crippen LogP contribution in [0.3, 0.4) is 0 Å². The third-order valence-electron chi connectivity index (χ3n) is 3.53. The first-order valence-electron chi connectivity index (χ1n) is 7.13. The van der Waals surface area contributed by atoms with E-state index in [0.717, 1.165) is 29.4 Å². The first-order valence-corrected chi connectivity index (χ1v) is 7.13. The van der Waals surface area contributed by atoms with E-state index in [0.29, 0.717) is 12.3 Å². The van der Waals surface area contributed by atoms with Crippen LogP contribution in [0.2, 0.25) is 0 Å². The van der Waals surface area contributed by atoms with E-state index in [1.807, 2.05) is 30.5 Å². The van der Waals surface area contributed by atoms with E-state index >= 15 is 0 Å². The number of hydrogen-bond donors (Lipinski definition) is 1. The minimum atomic E-state index is 0.662. The molecule has 0 aliphatic heterocycles. The van der Waals surface area contributed by atoms with Crippen molar-refractivity contribution in [1.82, 2.24) is 4.98 Å². The molecule has 2 N–H and O–H groups in total. The van der Waals surface area contributed by atoms with Crippen molar-refractivity contribution in [1.29, 1.82) is 0 Å². The zero-order valence-electron chi connectivity index (χ0n) is 11.8. The van der Waals surface area contributed by atoms with Crippen LogP contribution in [0.25, 0.3) is 10.8 Å². The van der Waals surface area contributed by atoms with Crippen LogP contribution in [0.5, 0.6) is 5.75 Å². The summed E-state index contributed by atoms with van der Waals surface area (Å²) in [6, 6.07) is 16.3. The number of fused-ring (bicyclic) bond motifs is 1. The van der Waals surface area contributed by atoms with Crippen LogP contribution in [0, 0.1) is 0 Å². The molecule has 2 aromatic carbocycles. The average Bonchev–Trinajstić information content (AvgIpc) is 2.55. The van der Waals surface area contributed by atoms with E-state index in [1.54, 1.807) is 6.20 Å². The van der Waals surface area contributed by atoms with Gasteiger partial charge in [-0.2, -0.15) is 0 Å². The van der Waals surface area contributed by atoms with Gasteiger partial charge in [0.25, 0.3) is 0 Å². The lowest BCUT2D eigenvalue weighted by atomic mass is 10.1. The summed E-state index contributed by atoms with van der Waals surface area (Å²) in [5, 5.41) is 2.03. The molecule has 3 rings (SSSR count). The number of hydrogen-bond acceptors (Lipinski definition) is 3. The average molecular weight is 278 g/mol. The monoisotopic (exact) mass is 278 g/mol. The normalized spacial score (nSPS) is 10.7. The van der Waals surface area contributed by atoms with Gasteiger partial charge in [-0.3, -0.25) is 4.98 Å². The van der Waals surface area contributed by atoms with Gasteiger partial charge >= 0.3 is 0 Å². The summed E-state index contributed by atoms with van der Waals surface area (Å²) in [7, 11) is 0. The second kappa shape index (κ2) is 6.27. The third-order valence-corrected chi connectivity index (χ3v) is 3.53. The molecule has 0 bridgehead atoms. The molecule has 0 aliphatic rings. The van der Waals surface area contributed by atoms with Crippen molar-refractivity contribution in [2.24, 2.45) is 0 Å². The summed E-state index contributed by atoms with van der Waals surface area (Å²) in [4.78, 5) is 4.10. The lowest BCUT2D eigenvalue weighted by molar-refractivity contribution is 0.313. The van der Waals surface area contributed by atoms with E-state index in [-0.39, 0.29) is 0 Å². The molecule has 3 heteroatoms. The molecule has 0 amide bonds. The molecule has 0 saturated carbocycles. The minimum absolute atomic E-state index is 0.662. The number of nitrogens with two attached hydrogens (primary N) is 1. The van der Waals surface area contributed by atoms with Gasteiger partial charge in [-0.25, -0.2) is 0 Å². The Labute approximate surface area is 124 Å². The standard InChI is InChI=1S/C18H18N2O/c19-18-16-10-11-20-13-15(16)8-9-17(18)21-12-4-7-14-5-2-1-3-6-14/h1-3,5-6,8-11,13H,4,7,12,19H2. The number of benzene rings is 2. The van der Waals surface area contributed by atoms with Crippen LogP contribution in [-0.4, -0.2) is 11.6 Å². The van der Waals surface area contributed by atoms with Crippen molar-refractivity contribution < 1.29 is 4.74 Å². The van der Waals surface area contributed by atoms with Crippen LogP contribution in [0.15, 0.2) is 60.9 Å². The largest absolute Gasteiger partial charge is 0.491 e. The third kappa shape index (κ3) is 3.14. The Kier molecular flexibility index (Phi) is 4.01. The van der Waals surface area contributed by atoms with Crippen LogP contribution >= 0.6 is 0 Å². The Morgan fingerprint density at radius 1 is 1.00 bits per heavy atom. The molecule has 1 aromatic heterocycles. The Hall–Kier alpha value is -2.55. The molecule has 0 fully saturated rings. The van der Waals surface area contributed by atoms with Gasteiger partial charge in [0.05, 0.1) is 12.3 Å². The number of anilines is 1. The SMILES string of the molecule is Nc1c(OCCCc2ccccc2)ccc2cnccc12. The molecule has 1 heterocycles. The van der Waals surface area contributed by atoms with E-state index in [9.17, 15) is 0 Å². The summed E-state index contributed by atoms with van der Waals surface area (Å²) in [6.45, 7) is 0.662. The van der Waals surface area contributed by atoms with Gasteiger partial charge in [-0.15, -0.1) is 0 Å². The molecule has 0 aliphatic carbocycles. The van der Waals surface area contributed by atoms with E-state index in [1.165, 1.54) is 5.56 Å². The van der Waals surface area contributed by atoms with Crippen molar-refractivity contribution in [2.45, 2.75) is 12.8 Å². The molecule has 21 heavy (non-hydrogen) atoms. The van der Waals surface area contributed by atoms with Crippen molar-refractivity contribution >= 4 is 16.5 Å². The summed E-state index contributed by atoms with van der Waals surface area (Å²) in [5.41, 5.74) is 8.18. The van der Waals surface area contributed by atoms with Crippen molar-refractivity contribution in [3.63, 3.8) is 0 Å². The number of rotatable bonds is 5. The number of nitrogen functional groups attached to an aromatic ring is 1. The molecular formula is C18H18N2O. The minimum Gasteiger partial charge on any atom is -0.491 e. The molecule has 0 atom stereocenters. The van der Waals surface area contributed by atoms with Gasteiger partial charge in [-0.1, -0.05) is 30.3 Å². The zero-order valence-corrected chi connectivity index (χ0v) is 11.8. The smallest absolute Gasteiger partial charge is 0.142 e. The van der Waals surface area contributed by atoms with E-state index < -0.39 is 0 Å². The highest BCUT2D eigenvalue weighted by Crippen LogP contribution is 2.29. The second-order valence-corrected chi connectivity index (χ2v) is 5.01. The molecule has 0 radical (unpaired) electrons. The predicted molar refractivity (Wildman–Crippen MR) is 86.4 cm³/mol. The Balaban J connectivity index is 1.62. The maximum atomic E-state index is 6.16. The molecular weight excluding hydrogens is 260 g/mol. The van der Waals surface area contributed by atoms with Crippen molar-refractivity contribution in [2.75, 3.05) is 12.3 Å². The Bertz CT molecular complexity index is 726. The van der Waals surface area contributed by atoms with Crippen molar-refractivity contribution in [3.8, 4) is 5.75 Å². The number of nitrogens with zero attached hydrogens (tertiary/aromatic N) is 1. The van der Waals surface area contributed by atoms with Gasteiger partial charge in [0.15, 0.2) is 0 Å². The predicted octanol–water partition coefficient (Wildman–Crippen LogP) is 3.83. The van der Waals surface area contributed by atoms with Crippen LogP contribution < -0.4 is 10.5 Å². The quantitative estimate of drug-likeness (QED) is 0.570. The summed E-state index contributed by atoms with van der Waals surface area (Å²) < 4.78 is 5.82. The van der Waals surface area contributed by atoms with Gasteiger partial charge in [0.2, 0.25) is 0 Å². The van der Waals surface area contributed by atoms with E-state index in [2.05, 4.69) is 29.2 Å². The van der Waals surface area contributed by atoms with Gasteiger partial charge < -0.3 is 10.5 Å². The topological polar surface area (TPSA) is 48.1 Å². The number of pyridine rings is 1. The van der Waals surface area contributed by atoms with Crippen LogP contribution in [-0.2, 0) is 6.42 Å². The number of aryl methyl sites for hydroxylation is 1. The fourth-order valence-electron chi connectivity index (χ4n) is 2.40. The van der Waals surface area contributed by atoms with Crippen LogP contribution in [0.1, 0.15) is 12.0 Å². The highest BCUT2D eigenvalue weighted by Gasteiger charge is 2.05. The van der Waals surface area contributed by atoms with E-state index in [4.69, 9.17) is 10.5 Å². The first kappa shape index (κ1) is 13.4. The highest BCUT2D eigenvalue weighted by atomic mass is 16.5. The molecule has 3 nitrogen and oxygen atoms in total. The first-order chi connectivity index (χ1) is 10.3. The Morgan fingerprint density at radius 3 is 2.71 bits per heavy atom. The zero-order chi connectivity index (χ0) is 14.5. The van der Waals surface area contributed by atoms with Crippen molar-refractivity contribution in [3.05, 3.63) is 66.5 Å². The fraction of sp³-hybridized carbons (Fsp3) is 0.167. The molecule has 0 saturated heterocycles. The second-order valence-electron chi connectivity index (χ2n) is 5.01.